The van der Waals surface area contributed by atoms with Gasteiger partial charge in [-0.3, -0.25) is 0 Å². The second-order valence-corrected chi connectivity index (χ2v) is 5.69. The van der Waals surface area contributed by atoms with Crippen LogP contribution in [0.15, 0.2) is 30.3 Å². The molecule has 3 heteroatoms. The zero-order valence-corrected chi connectivity index (χ0v) is 11.0. The molecule has 0 atom stereocenters. The summed E-state index contributed by atoms with van der Waals surface area (Å²) in [7, 11) is 0. The highest BCUT2D eigenvalue weighted by Crippen LogP contribution is 2.51. The van der Waals surface area contributed by atoms with Crippen LogP contribution in [-0.4, -0.2) is 13.1 Å². The predicted octanol–water partition coefficient (Wildman–Crippen LogP) is 3.80. The van der Waals surface area contributed by atoms with Gasteiger partial charge in [0.2, 0.25) is 0 Å². The van der Waals surface area contributed by atoms with Crippen LogP contribution in [0, 0.1) is 11.3 Å². The van der Waals surface area contributed by atoms with Gasteiger partial charge in [-0.05, 0) is 24.2 Å². The van der Waals surface area contributed by atoms with E-state index in [2.05, 4.69) is 19.2 Å². The third-order valence-corrected chi connectivity index (χ3v) is 4.14. The van der Waals surface area contributed by atoms with Gasteiger partial charge in [0.05, 0.1) is 6.54 Å². The Balaban J connectivity index is 1.87. The molecular weight excluding hydrogens is 232 g/mol. The summed E-state index contributed by atoms with van der Waals surface area (Å²) >= 11 is 0. The number of benzene rings is 1. The molecule has 0 radical (unpaired) electrons. The van der Waals surface area contributed by atoms with Crippen LogP contribution in [0.2, 0.25) is 0 Å². The monoisotopic (exact) mass is 253 g/mol. The Kier molecular flexibility index (Phi) is 3.71. The molecule has 1 saturated carbocycles. The summed E-state index contributed by atoms with van der Waals surface area (Å²) < 4.78 is 27.8. The number of nitrogens with one attached hydrogen (secondary N) is 1. The Morgan fingerprint density at radius 1 is 1.22 bits per heavy atom. The van der Waals surface area contributed by atoms with E-state index in [1.165, 1.54) is 12.1 Å². The van der Waals surface area contributed by atoms with Crippen LogP contribution in [0.1, 0.15) is 32.3 Å². The van der Waals surface area contributed by atoms with Crippen molar-refractivity contribution in [3.05, 3.63) is 35.9 Å². The first-order valence-electron chi connectivity index (χ1n) is 6.60. The van der Waals surface area contributed by atoms with Gasteiger partial charge in [0.25, 0.3) is 5.92 Å². The lowest BCUT2D eigenvalue weighted by Crippen LogP contribution is -2.35. The summed E-state index contributed by atoms with van der Waals surface area (Å²) in [6, 6.07) is 8.03. The van der Waals surface area contributed by atoms with Crippen molar-refractivity contribution in [2.45, 2.75) is 32.6 Å². The highest BCUT2D eigenvalue weighted by molar-refractivity contribution is 5.20. The summed E-state index contributed by atoms with van der Waals surface area (Å²) in [5.74, 6) is -2.22. The van der Waals surface area contributed by atoms with E-state index in [1.54, 1.807) is 18.2 Å². The van der Waals surface area contributed by atoms with Crippen LogP contribution in [0.5, 0.6) is 0 Å². The average molecular weight is 253 g/mol. The van der Waals surface area contributed by atoms with Crippen molar-refractivity contribution in [3.63, 3.8) is 0 Å². The fraction of sp³-hybridized carbons (Fsp3) is 0.600. The number of alkyl halides is 2. The molecule has 0 saturated heterocycles. The quantitative estimate of drug-likeness (QED) is 0.813. The summed E-state index contributed by atoms with van der Waals surface area (Å²) in [5.41, 5.74) is 0.360. The van der Waals surface area contributed by atoms with Crippen molar-refractivity contribution in [2.75, 3.05) is 13.1 Å². The molecule has 2 rings (SSSR count). The standard InChI is InChI=1S/C15H21F2N/c1-12(2)14(8-9-14)10-18-11-15(16,17)13-6-4-3-5-7-13/h3-7,12,18H,8-11H2,1-2H3. The first-order valence-corrected chi connectivity index (χ1v) is 6.60. The maximum absolute atomic E-state index is 13.9. The van der Waals surface area contributed by atoms with Gasteiger partial charge in [0.1, 0.15) is 0 Å². The molecule has 1 nitrogen and oxygen atoms in total. The zero-order chi connectivity index (χ0) is 13.2. The summed E-state index contributed by atoms with van der Waals surface area (Å²) in [6.07, 6.45) is 2.32. The number of rotatable bonds is 6. The van der Waals surface area contributed by atoms with Gasteiger partial charge in [-0.1, -0.05) is 44.2 Å². The van der Waals surface area contributed by atoms with Crippen LogP contribution in [-0.2, 0) is 5.92 Å². The van der Waals surface area contributed by atoms with Crippen molar-refractivity contribution in [3.8, 4) is 0 Å². The Bertz CT molecular complexity index is 383. The smallest absolute Gasteiger partial charge is 0.285 e. The van der Waals surface area contributed by atoms with Gasteiger partial charge in [-0.2, -0.15) is 8.78 Å². The number of halogens is 2. The predicted molar refractivity (Wildman–Crippen MR) is 69.7 cm³/mol. The Labute approximate surface area is 108 Å². The largest absolute Gasteiger partial charge is 0.310 e. The molecule has 100 valence electrons. The van der Waals surface area contributed by atoms with Crippen molar-refractivity contribution in [2.24, 2.45) is 11.3 Å². The maximum Gasteiger partial charge on any atom is 0.285 e. The van der Waals surface area contributed by atoms with Crippen LogP contribution in [0.25, 0.3) is 0 Å². The van der Waals surface area contributed by atoms with E-state index < -0.39 is 5.92 Å². The SMILES string of the molecule is CC(C)C1(CNCC(F)(F)c2ccccc2)CC1. The normalized spacial score (nSPS) is 18.1. The Hall–Kier alpha value is -0.960. The molecule has 18 heavy (non-hydrogen) atoms. The van der Waals surface area contributed by atoms with Crippen molar-refractivity contribution in [1.29, 1.82) is 0 Å². The minimum absolute atomic E-state index is 0.0897. The van der Waals surface area contributed by atoms with E-state index in [0.29, 0.717) is 12.5 Å². The van der Waals surface area contributed by atoms with Crippen molar-refractivity contribution >= 4 is 0 Å². The van der Waals surface area contributed by atoms with Crippen molar-refractivity contribution in [1.82, 2.24) is 5.32 Å². The summed E-state index contributed by atoms with van der Waals surface area (Å²) in [6.45, 7) is 4.77. The number of hydrogen-bond donors (Lipinski definition) is 1. The van der Waals surface area contributed by atoms with Gasteiger partial charge < -0.3 is 5.32 Å². The Morgan fingerprint density at radius 3 is 2.33 bits per heavy atom. The van der Waals surface area contributed by atoms with E-state index in [-0.39, 0.29) is 17.5 Å². The Morgan fingerprint density at radius 2 is 1.83 bits per heavy atom. The lowest BCUT2D eigenvalue weighted by Gasteiger charge is -2.23. The van der Waals surface area contributed by atoms with Gasteiger partial charge in [0.15, 0.2) is 0 Å². The topological polar surface area (TPSA) is 12.0 Å². The van der Waals surface area contributed by atoms with E-state index >= 15 is 0 Å². The first kappa shape index (κ1) is 13.5. The van der Waals surface area contributed by atoms with Gasteiger partial charge in [-0.15, -0.1) is 0 Å². The van der Waals surface area contributed by atoms with Crippen LogP contribution >= 0.6 is 0 Å². The average Bonchev–Trinajstić information content (AvgIpc) is 3.11. The molecular formula is C15H21F2N. The molecule has 0 unspecified atom stereocenters. The van der Waals surface area contributed by atoms with E-state index in [4.69, 9.17) is 0 Å². The molecule has 1 aromatic rings. The molecule has 0 heterocycles. The van der Waals surface area contributed by atoms with Gasteiger partial charge >= 0.3 is 0 Å². The fourth-order valence-corrected chi connectivity index (χ4v) is 2.37. The molecule has 0 amide bonds. The van der Waals surface area contributed by atoms with Crippen LogP contribution < -0.4 is 5.32 Å². The molecule has 1 N–H and O–H groups in total. The molecule has 1 aromatic carbocycles. The van der Waals surface area contributed by atoms with Crippen molar-refractivity contribution < 1.29 is 8.78 Å². The van der Waals surface area contributed by atoms with Crippen LogP contribution in [0.4, 0.5) is 8.78 Å². The number of hydrogen-bond acceptors (Lipinski definition) is 1. The molecule has 1 aliphatic rings. The van der Waals surface area contributed by atoms with E-state index in [1.807, 2.05) is 0 Å². The highest BCUT2D eigenvalue weighted by atomic mass is 19.3. The first-order chi connectivity index (χ1) is 8.46. The third kappa shape index (κ3) is 2.89. The summed E-state index contributed by atoms with van der Waals surface area (Å²) in [5, 5.41) is 2.96. The third-order valence-electron chi connectivity index (χ3n) is 4.14. The second kappa shape index (κ2) is 4.96. The zero-order valence-electron chi connectivity index (χ0n) is 11.0. The molecule has 0 spiro atoms. The minimum Gasteiger partial charge on any atom is -0.310 e. The van der Waals surface area contributed by atoms with E-state index in [9.17, 15) is 8.78 Å². The van der Waals surface area contributed by atoms with Crippen LogP contribution in [0.3, 0.4) is 0 Å². The molecule has 0 bridgehead atoms. The highest BCUT2D eigenvalue weighted by Gasteiger charge is 2.45. The second-order valence-electron chi connectivity index (χ2n) is 5.69. The lowest BCUT2D eigenvalue weighted by molar-refractivity contribution is -0.00460. The summed E-state index contributed by atoms with van der Waals surface area (Å²) in [4.78, 5) is 0. The molecule has 1 fully saturated rings. The molecule has 1 aliphatic carbocycles. The fourth-order valence-electron chi connectivity index (χ4n) is 2.37. The van der Waals surface area contributed by atoms with E-state index in [0.717, 1.165) is 12.8 Å². The van der Waals surface area contributed by atoms with Gasteiger partial charge in [-0.25, -0.2) is 0 Å². The minimum atomic E-state index is -2.78. The maximum atomic E-state index is 13.9. The van der Waals surface area contributed by atoms with Gasteiger partial charge in [0, 0.05) is 12.1 Å². The molecule has 0 aromatic heterocycles. The lowest BCUT2D eigenvalue weighted by atomic mass is 9.92. The molecule has 0 aliphatic heterocycles.